The van der Waals surface area contributed by atoms with Gasteiger partial charge in [-0.3, -0.25) is 9.59 Å². The largest absolute Gasteiger partial charge is 0.369 e. The van der Waals surface area contributed by atoms with Crippen molar-refractivity contribution in [3.8, 4) is 0 Å². The molecule has 0 spiro atoms. The van der Waals surface area contributed by atoms with Gasteiger partial charge < -0.3 is 11.1 Å². The van der Waals surface area contributed by atoms with E-state index in [2.05, 4.69) is 25.9 Å². The van der Waals surface area contributed by atoms with Crippen LogP contribution >= 0.6 is 11.8 Å². The van der Waals surface area contributed by atoms with E-state index in [1.165, 1.54) is 11.8 Å². The summed E-state index contributed by atoms with van der Waals surface area (Å²) >= 11 is 1.24. The van der Waals surface area contributed by atoms with E-state index in [9.17, 15) is 9.59 Å². The third-order valence-electron chi connectivity index (χ3n) is 2.05. The molecule has 0 fully saturated rings. The fraction of sp³-hybridized carbons (Fsp3) is 0.100. The number of nitrogens with two attached hydrogens (primary N) is 1. The smallest absolute Gasteiger partial charge is 0.297 e. The maximum Gasteiger partial charge on any atom is 0.297 e. The second-order valence-electron chi connectivity index (χ2n) is 3.44. The minimum atomic E-state index is -0.485. The second kappa shape index (κ2) is 5.96. The average molecular weight is 278 g/mol. The fourth-order valence-electron chi connectivity index (χ4n) is 1.28. The van der Waals surface area contributed by atoms with E-state index in [4.69, 9.17) is 5.73 Å². The number of amides is 2. The molecular formula is C10H10N6O2S. The lowest BCUT2D eigenvalue weighted by atomic mass is 10.3. The highest BCUT2D eigenvalue weighted by Gasteiger charge is 2.13. The minimum absolute atomic E-state index is 0.0605. The summed E-state index contributed by atoms with van der Waals surface area (Å²) in [6, 6.07) is 7.05. The van der Waals surface area contributed by atoms with Gasteiger partial charge in [-0.15, -0.1) is 22.0 Å². The number of thioether (sulfide) groups is 1. The SMILES string of the molecule is NC(=O)CSc1ccccc1NC(=O)c1nn[nH]n1. The zero-order valence-electron chi connectivity index (χ0n) is 9.66. The fourth-order valence-corrected chi connectivity index (χ4v) is 2.03. The van der Waals surface area contributed by atoms with E-state index < -0.39 is 11.8 Å². The van der Waals surface area contributed by atoms with Crippen LogP contribution < -0.4 is 11.1 Å². The Labute approximate surface area is 112 Å². The summed E-state index contributed by atoms with van der Waals surface area (Å²) in [4.78, 5) is 23.3. The molecule has 1 aromatic heterocycles. The number of anilines is 1. The predicted octanol–water partition coefficient (Wildman–Crippen LogP) is 0.0294. The van der Waals surface area contributed by atoms with Gasteiger partial charge in [0.2, 0.25) is 5.91 Å². The van der Waals surface area contributed by atoms with E-state index in [-0.39, 0.29) is 11.6 Å². The van der Waals surface area contributed by atoms with Gasteiger partial charge in [0.05, 0.1) is 11.4 Å². The monoisotopic (exact) mass is 278 g/mol. The Bertz CT molecular complexity index is 585. The molecule has 1 heterocycles. The third kappa shape index (κ3) is 3.52. The Kier molecular flexibility index (Phi) is 4.08. The second-order valence-corrected chi connectivity index (χ2v) is 4.46. The zero-order chi connectivity index (χ0) is 13.7. The first-order chi connectivity index (χ1) is 9.16. The van der Waals surface area contributed by atoms with Gasteiger partial charge in [0.1, 0.15) is 0 Å². The van der Waals surface area contributed by atoms with E-state index >= 15 is 0 Å². The molecule has 0 saturated heterocycles. The van der Waals surface area contributed by atoms with Crippen LogP contribution in [0.25, 0.3) is 0 Å². The molecule has 0 radical (unpaired) electrons. The summed E-state index contributed by atoms with van der Waals surface area (Å²) < 4.78 is 0. The predicted molar refractivity (Wildman–Crippen MR) is 68.5 cm³/mol. The molecule has 2 rings (SSSR count). The quantitative estimate of drug-likeness (QED) is 0.662. The maximum atomic E-state index is 11.8. The molecule has 98 valence electrons. The number of hydrogen-bond acceptors (Lipinski definition) is 6. The van der Waals surface area contributed by atoms with E-state index in [0.717, 1.165) is 4.90 Å². The number of H-pyrrole nitrogens is 1. The first-order valence-corrected chi connectivity index (χ1v) is 6.20. The van der Waals surface area contributed by atoms with Gasteiger partial charge >= 0.3 is 0 Å². The van der Waals surface area contributed by atoms with Crippen molar-refractivity contribution < 1.29 is 9.59 Å². The molecule has 9 heteroatoms. The molecule has 1 aromatic carbocycles. The van der Waals surface area contributed by atoms with Gasteiger partial charge in [-0.1, -0.05) is 12.1 Å². The van der Waals surface area contributed by atoms with Gasteiger partial charge in [-0.2, -0.15) is 5.21 Å². The van der Waals surface area contributed by atoms with Crippen molar-refractivity contribution in [2.24, 2.45) is 5.73 Å². The molecule has 2 amide bonds. The standard InChI is InChI=1S/C10H10N6O2S/c11-8(17)5-19-7-4-2-1-3-6(7)12-10(18)9-13-15-16-14-9/h1-4H,5H2,(H2,11,17)(H,12,18)(H,13,14,15,16). The number of aromatic amines is 1. The number of aromatic nitrogens is 4. The lowest BCUT2D eigenvalue weighted by Crippen LogP contribution is -2.15. The highest BCUT2D eigenvalue weighted by molar-refractivity contribution is 8.00. The zero-order valence-corrected chi connectivity index (χ0v) is 10.5. The van der Waals surface area contributed by atoms with Crippen molar-refractivity contribution in [1.29, 1.82) is 0 Å². The molecule has 4 N–H and O–H groups in total. The van der Waals surface area contributed by atoms with Gasteiger partial charge in [0.25, 0.3) is 11.7 Å². The normalized spacial score (nSPS) is 10.1. The van der Waals surface area contributed by atoms with Crippen LogP contribution in [0.3, 0.4) is 0 Å². The van der Waals surface area contributed by atoms with Crippen LogP contribution in [0.2, 0.25) is 0 Å². The Balaban J connectivity index is 2.11. The van der Waals surface area contributed by atoms with Crippen molar-refractivity contribution >= 4 is 29.3 Å². The van der Waals surface area contributed by atoms with Gasteiger partial charge in [0.15, 0.2) is 0 Å². The van der Waals surface area contributed by atoms with E-state index in [1.54, 1.807) is 24.3 Å². The molecule has 0 saturated carbocycles. The number of carbonyl (C=O) groups is 2. The minimum Gasteiger partial charge on any atom is -0.369 e. The average Bonchev–Trinajstić information content (AvgIpc) is 2.91. The number of hydrogen-bond donors (Lipinski definition) is 3. The number of carbonyl (C=O) groups excluding carboxylic acids is 2. The van der Waals surface area contributed by atoms with Crippen LogP contribution in [-0.4, -0.2) is 38.2 Å². The van der Waals surface area contributed by atoms with Crippen molar-refractivity contribution in [2.45, 2.75) is 4.90 Å². The number of primary amides is 1. The van der Waals surface area contributed by atoms with Crippen LogP contribution in [0.1, 0.15) is 10.6 Å². The molecule has 19 heavy (non-hydrogen) atoms. The summed E-state index contributed by atoms with van der Waals surface area (Å²) in [6.07, 6.45) is 0. The van der Waals surface area contributed by atoms with Gasteiger partial charge in [0, 0.05) is 4.90 Å². The van der Waals surface area contributed by atoms with Gasteiger partial charge in [-0.05, 0) is 17.3 Å². The molecule has 0 aliphatic heterocycles. The summed E-state index contributed by atoms with van der Waals surface area (Å²) in [5.74, 6) is -0.838. The summed E-state index contributed by atoms with van der Waals surface area (Å²) in [5.41, 5.74) is 5.65. The van der Waals surface area contributed by atoms with Crippen LogP contribution in [0, 0.1) is 0 Å². The topological polar surface area (TPSA) is 127 Å². The lowest BCUT2D eigenvalue weighted by Gasteiger charge is -2.08. The molecule has 0 aliphatic rings. The molecule has 0 atom stereocenters. The number of para-hydroxylation sites is 1. The highest BCUT2D eigenvalue weighted by Crippen LogP contribution is 2.26. The van der Waals surface area contributed by atoms with Crippen molar-refractivity contribution in [2.75, 3.05) is 11.1 Å². The Hall–Kier alpha value is -2.42. The molecular weight excluding hydrogens is 268 g/mol. The lowest BCUT2D eigenvalue weighted by molar-refractivity contribution is -0.115. The number of nitrogens with zero attached hydrogens (tertiary/aromatic N) is 3. The van der Waals surface area contributed by atoms with Crippen LogP contribution in [0.4, 0.5) is 5.69 Å². The summed E-state index contributed by atoms with van der Waals surface area (Å²) in [5, 5.41) is 15.3. The third-order valence-corrected chi connectivity index (χ3v) is 3.15. The molecule has 0 bridgehead atoms. The van der Waals surface area contributed by atoms with Crippen molar-refractivity contribution in [3.63, 3.8) is 0 Å². The van der Waals surface area contributed by atoms with Crippen LogP contribution in [0.15, 0.2) is 29.2 Å². The van der Waals surface area contributed by atoms with Gasteiger partial charge in [-0.25, -0.2) is 0 Å². The van der Waals surface area contributed by atoms with Crippen LogP contribution in [0.5, 0.6) is 0 Å². The molecule has 8 nitrogen and oxygen atoms in total. The van der Waals surface area contributed by atoms with E-state index in [1.807, 2.05) is 0 Å². The van der Waals surface area contributed by atoms with Crippen molar-refractivity contribution in [1.82, 2.24) is 20.6 Å². The summed E-state index contributed by atoms with van der Waals surface area (Å²) in [7, 11) is 0. The number of nitrogens with one attached hydrogen (secondary N) is 2. The Morgan fingerprint density at radius 1 is 1.37 bits per heavy atom. The first-order valence-electron chi connectivity index (χ1n) is 5.22. The molecule has 2 aromatic rings. The number of rotatable bonds is 5. The molecule has 0 aliphatic carbocycles. The van der Waals surface area contributed by atoms with Crippen LogP contribution in [-0.2, 0) is 4.79 Å². The van der Waals surface area contributed by atoms with E-state index in [0.29, 0.717) is 5.69 Å². The highest BCUT2D eigenvalue weighted by atomic mass is 32.2. The first kappa shape index (κ1) is 13.0. The number of tetrazole rings is 1. The molecule has 0 unspecified atom stereocenters. The maximum absolute atomic E-state index is 11.8. The number of benzene rings is 1. The Morgan fingerprint density at radius 3 is 2.84 bits per heavy atom. The Morgan fingerprint density at radius 2 is 2.16 bits per heavy atom. The van der Waals surface area contributed by atoms with Crippen molar-refractivity contribution in [3.05, 3.63) is 30.1 Å². The summed E-state index contributed by atoms with van der Waals surface area (Å²) in [6.45, 7) is 0.